The van der Waals surface area contributed by atoms with Gasteiger partial charge in [0.05, 0.1) is 13.5 Å². The van der Waals surface area contributed by atoms with Crippen molar-refractivity contribution in [2.75, 3.05) is 7.11 Å². The maximum atomic E-state index is 11.0. The predicted octanol–water partition coefficient (Wildman–Crippen LogP) is 3.50. The number of carboxylic acids is 1. The Morgan fingerprint density at radius 2 is 2.05 bits per heavy atom. The summed E-state index contributed by atoms with van der Waals surface area (Å²) >= 11 is 0. The van der Waals surface area contributed by atoms with Crippen molar-refractivity contribution < 1.29 is 19.1 Å². The molecule has 2 aromatic rings. The monoisotopic (exact) mass is 262 g/mol. The van der Waals surface area contributed by atoms with Crippen LogP contribution in [0.3, 0.4) is 0 Å². The molecule has 1 aromatic carbocycles. The van der Waals surface area contributed by atoms with Crippen molar-refractivity contribution in [1.29, 1.82) is 0 Å². The third kappa shape index (κ3) is 2.57. The lowest BCUT2D eigenvalue weighted by Crippen LogP contribution is -2.21. The first-order chi connectivity index (χ1) is 8.83. The minimum Gasteiger partial charge on any atom is -0.493 e. The minimum atomic E-state index is -0.813. The predicted molar refractivity (Wildman–Crippen MR) is 72.8 cm³/mol. The lowest BCUT2D eigenvalue weighted by molar-refractivity contribution is -0.138. The fraction of sp³-hybridized carbons (Fsp3) is 0.400. The number of benzene rings is 1. The summed E-state index contributed by atoms with van der Waals surface area (Å²) in [6.45, 7) is 5.70. The maximum absolute atomic E-state index is 11.0. The molecule has 4 nitrogen and oxygen atoms in total. The van der Waals surface area contributed by atoms with Crippen LogP contribution >= 0.6 is 0 Å². The SMILES string of the molecule is COc1cc(C(C)(C)CC(=O)O)cc2cc(C)oc12. The molecular weight excluding hydrogens is 244 g/mol. The zero-order valence-corrected chi connectivity index (χ0v) is 11.6. The topological polar surface area (TPSA) is 59.7 Å². The third-order valence-electron chi connectivity index (χ3n) is 3.30. The van der Waals surface area contributed by atoms with Gasteiger partial charge >= 0.3 is 5.97 Å². The molecule has 0 saturated carbocycles. The van der Waals surface area contributed by atoms with E-state index in [-0.39, 0.29) is 6.42 Å². The number of furan rings is 1. The van der Waals surface area contributed by atoms with E-state index in [2.05, 4.69) is 0 Å². The summed E-state index contributed by atoms with van der Waals surface area (Å²) in [5.41, 5.74) is 1.17. The Labute approximate surface area is 112 Å². The molecule has 0 spiro atoms. The maximum Gasteiger partial charge on any atom is 0.304 e. The molecule has 1 aromatic heterocycles. The quantitative estimate of drug-likeness (QED) is 0.916. The zero-order chi connectivity index (χ0) is 14.2. The Balaban J connectivity index is 2.58. The van der Waals surface area contributed by atoms with Crippen LogP contribution < -0.4 is 4.74 Å². The van der Waals surface area contributed by atoms with E-state index in [1.807, 2.05) is 39.0 Å². The van der Waals surface area contributed by atoms with Crippen molar-refractivity contribution in [3.63, 3.8) is 0 Å². The molecule has 1 heterocycles. The summed E-state index contributed by atoms with van der Waals surface area (Å²) in [5, 5.41) is 9.94. The first-order valence-electron chi connectivity index (χ1n) is 6.14. The molecule has 0 bridgehead atoms. The zero-order valence-electron chi connectivity index (χ0n) is 11.6. The third-order valence-corrected chi connectivity index (χ3v) is 3.30. The molecule has 4 heteroatoms. The van der Waals surface area contributed by atoms with E-state index in [0.29, 0.717) is 11.3 Å². The first-order valence-corrected chi connectivity index (χ1v) is 6.14. The van der Waals surface area contributed by atoms with Gasteiger partial charge in [-0.2, -0.15) is 0 Å². The van der Waals surface area contributed by atoms with Gasteiger partial charge in [0.1, 0.15) is 5.76 Å². The Morgan fingerprint density at radius 3 is 2.63 bits per heavy atom. The Bertz CT molecular complexity index is 622. The highest BCUT2D eigenvalue weighted by atomic mass is 16.5. The van der Waals surface area contributed by atoms with Gasteiger partial charge in [-0.05, 0) is 30.7 Å². The van der Waals surface area contributed by atoms with Crippen LogP contribution in [0.2, 0.25) is 0 Å². The second kappa shape index (κ2) is 4.61. The van der Waals surface area contributed by atoms with Crippen LogP contribution in [0.5, 0.6) is 5.75 Å². The Morgan fingerprint density at radius 1 is 1.37 bits per heavy atom. The van der Waals surface area contributed by atoms with Gasteiger partial charge in [0, 0.05) is 10.8 Å². The molecule has 0 unspecified atom stereocenters. The van der Waals surface area contributed by atoms with Gasteiger partial charge in [0.25, 0.3) is 0 Å². The van der Waals surface area contributed by atoms with Gasteiger partial charge in [-0.1, -0.05) is 13.8 Å². The van der Waals surface area contributed by atoms with Gasteiger partial charge in [-0.3, -0.25) is 4.79 Å². The molecule has 0 fully saturated rings. The number of hydrogen-bond acceptors (Lipinski definition) is 3. The number of aryl methyl sites for hydroxylation is 1. The summed E-state index contributed by atoms with van der Waals surface area (Å²) < 4.78 is 10.9. The largest absolute Gasteiger partial charge is 0.493 e. The molecule has 19 heavy (non-hydrogen) atoms. The lowest BCUT2D eigenvalue weighted by Gasteiger charge is -2.23. The average Bonchev–Trinajstić information content (AvgIpc) is 2.66. The number of carbonyl (C=O) groups is 1. The highest BCUT2D eigenvalue weighted by Gasteiger charge is 2.26. The lowest BCUT2D eigenvalue weighted by atomic mass is 9.81. The van der Waals surface area contributed by atoms with Crippen LogP contribution in [-0.2, 0) is 10.2 Å². The number of carboxylic acid groups (broad SMARTS) is 1. The van der Waals surface area contributed by atoms with Crippen LogP contribution in [0.25, 0.3) is 11.0 Å². The number of fused-ring (bicyclic) bond motifs is 1. The van der Waals surface area contributed by atoms with Gasteiger partial charge in [-0.15, -0.1) is 0 Å². The summed E-state index contributed by atoms with van der Waals surface area (Å²) in [6.07, 6.45) is 0.0680. The fourth-order valence-electron chi connectivity index (χ4n) is 2.27. The second-order valence-corrected chi connectivity index (χ2v) is 5.41. The standard InChI is InChI=1S/C15H18O4/c1-9-5-10-6-11(15(2,3)8-13(16)17)7-12(18-4)14(10)19-9/h5-7H,8H2,1-4H3,(H,16,17). The highest BCUT2D eigenvalue weighted by Crippen LogP contribution is 2.36. The molecular formula is C15H18O4. The normalized spacial score (nSPS) is 11.8. The second-order valence-electron chi connectivity index (χ2n) is 5.41. The molecule has 1 N–H and O–H groups in total. The summed E-state index contributed by atoms with van der Waals surface area (Å²) in [6, 6.07) is 5.75. The van der Waals surface area contributed by atoms with Crippen LogP contribution in [-0.4, -0.2) is 18.2 Å². The fourth-order valence-corrected chi connectivity index (χ4v) is 2.27. The van der Waals surface area contributed by atoms with Crippen molar-refractivity contribution in [3.05, 3.63) is 29.5 Å². The first kappa shape index (κ1) is 13.5. The number of hydrogen-bond donors (Lipinski definition) is 1. The summed E-state index contributed by atoms with van der Waals surface area (Å²) in [4.78, 5) is 11.0. The van der Waals surface area contributed by atoms with Crippen molar-refractivity contribution in [3.8, 4) is 5.75 Å². The smallest absolute Gasteiger partial charge is 0.304 e. The number of methoxy groups -OCH3 is 1. The summed E-state index contributed by atoms with van der Waals surface area (Å²) in [5.74, 6) is 0.632. The average molecular weight is 262 g/mol. The van der Waals surface area contributed by atoms with E-state index in [4.69, 9.17) is 14.3 Å². The van der Waals surface area contributed by atoms with E-state index < -0.39 is 11.4 Å². The number of rotatable bonds is 4. The molecule has 0 atom stereocenters. The van der Waals surface area contributed by atoms with Gasteiger partial charge in [0.15, 0.2) is 11.3 Å². The molecule has 0 aliphatic carbocycles. The number of aliphatic carboxylic acids is 1. The molecule has 0 aliphatic rings. The Kier molecular flexibility index (Phi) is 3.27. The van der Waals surface area contributed by atoms with Crippen LogP contribution in [0.15, 0.2) is 22.6 Å². The van der Waals surface area contributed by atoms with E-state index in [0.717, 1.165) is 16.7 Å². The minimum absolute atomic E-state index is 0.0680. The van der Waals surface area contributed by atoms with Gasteiger partial charge in [-0.25, -0.2) is 0 Å². The van der Waals surface area contributed by atoms with E-state index in [9.17, 15) is 4.79 Å². The van der Waals surface area contributed by atoms with Crippen molar-refractivity contribution in [2.45, 2.75) is 32.6 Å². The van der Waals surface area contributed by atoms with Crippen molar-refractivity contribution in [1.82, 2.24) is 0 Å². The van der Waals surface area contributed by atoms with E-state index >= 15 is 0 Å². The highest BCUT2D eigenvalue weighted by molar-refractivity contribution is 5.85. The molecule has 102 valence electrons. The molecule has 0 saturated heterocycles. The van der Waals surface area contributed by atoms with Crippen LogP contribution in [0.4, 0.5) is 0 Å². The van der Waals surface area contributed by atoms with Gasteiger partial charge in [0.2, 0.25) is 0 Å². The van der Waals surface area contributed by atoms with Crippen molar-refractivity contribution in [2.24, 2.45) is 0 Å². The van der Waals surface area contributed by atoms with Crippen LogP contribution in [0.1, 0.15) is 31.6 Å². The van der Waals surface area contributed by atoms with E-state index in [1.54, 1.807) is 7.11 Å². The van der Waals surface area contributed by atoms with E-state index in [1.165, 1.54) is 0 Å². The molecule has 0 radical (unpaired) electrons. The Hall–Kier alpha value is -1.97. The molecule has 2 rings (SSSR count). The van der Waals surface area contributed by atoms with Crippen LogP contribution in [0, 0.1) is 6.92 Å². The summed E-state index contributed by atoms with van der Waals surface area (Å²) in [7, 11) is 1.58. The van der Waals surface area contributed by atoms with Gasteiger partial charge < -0.3 is 14.3 Å². The van der Waals surface area contributed by atoms with Crippen molar-refractivity contribution >= 4 is 16.9 Å². The molecule has 0 amide bonds. The number of ether oxygens (including phenoxy) is 1. The molecule has 0 aliphatic heterocycles.